The van der Waals surface area contributed by atoms with E-state index < -0.39 is 18.2 Å². The Hall–Kier alpha value is -1.67. The van der Waals surface area contributed by atoms with Crippen LogP contribution in [0.1, 0.15) is 23.6 Å². The summed E-state index contributed by atoms with van der Waals surface area (Å²) in [5.74, 6) is -0.0675. The van der Waals surface area contributed by atoms with Gasteiger partial charge in [-0.25, -0.2) is 0 Å². The second kappa shape index (κ2) is 8.81. The molecule has 1 aromatic carbocycles. The number of phenols is 1. The van der Waals surface area contributed by atoms with Gasteiger partial charge in [-0.15, -0.1) is 0 Å². The molecule has 3 N–H and O–H groups in total. The van der Waals surface area contributed by atoms with E-state index in [1.54, 1.807) is 0 Å². The number of hydrogen-bond acceptors (Lipinski definition) is 7. The summed E-state index contributed by atoms with van der Waals surface area (Å²) in [6.45, 7) is 3.02. The van der Waals surface area contributed by atoms with E-state index in [4.69, 9.17) is 4.74 Å². The minimum Gasteiger partial charge on any atom is -0.507 e. The average Bonchev–Trinajstić information content (AvgIpc) is 2.83. The van der Waals surface area contributed by atoms with Crippen LogP contribution in [0, 0.1) is 0 Å². The van der Waals surface area contributed by atoms with Gasteiger partial charge in [0.1, 0.15) is 18.0 Å². The van der Waals surface area contributed by atoms with Gasteiger partial charge in [0.2, 0.25) is 0 Å². The smallest absolute Gasteiger partial charge is 0.303 e. The standard InChI is InChI=1S/C19H31N3O4/c1-12(23)26-19-16(20-9-17(19)24)8-13-6-14(10-21(2)3)18(25)15(7-13)11-22(4)5/h6-7,16-17,19-20,24-25H,8-11H2,1-5H3. The molecule has 0 aromatic heterocycles. The second-order valence-electron chi connectivity index (χ2n) is 7.60. The van der Waals surface area contributed by atoms with E-state index in [0.29, 0.717) is 31.8 Å². The Kier molecular flexibility index (Phi) is 7.00. The summed E-state index contributed by atoms with van der Waals surface area (Å²) in [6.07, 6.45) is -0.657. The van der Waals surface area contributed by atoms with Gasteiger partial charge in [0.25, 0.3) is 0 Å². The molecule has 2 rings (SSSR count). The van der Waals surface area contributed by atoms with Gasteiger partial charge < -0.3 is 30.1 Å². The Morgan fingerprint density at radius 1 is 1.19 bits per heavy atom. The number of nitrogens with one attached hydrogen (secondary N) is 1. The lowest BCUT2D eigenvalue weighted by Crippen LogP contribution is -2.38. The van der Waals surface area contributed by atoms with E-state index in [2.05, 4.69) is 5.32 Å². The molecular weight excluding hydrogens is 334 g/mol. The third-order valence-corrected chi connectivity index (χ3v) is 4.42. The number of benzene rings is 1. The number of aliphatic hydroxyl groups is 1. The molecule has 1 aromatic rings. The van der Waals surface area contributed by atoms with Crippen molar-refractivity contribution in [1.82, 2.24) is 15.1 Å². The third-order valence-electron chi connectivity index (χ3n) is 4.42. The fourth-order valence-corrected chi connectivity index (χ4v) is 3.44. The quantitative estimate of drug-likeness (QED) is 0.600. The first-order valence-electron chi connectivity index (χ1n) is 8.89. The molecule has 1 fully saturated rings. The number of nitrogens with zero attached hydrogens (tertiary/aromatic N) is 2. The van der Waals surface area contributed by atoms with Crippen molar-refractivity contribution in [1.29, 1.82) is 0 Å². The van der Waals surface area contributed by atoms with Crippen LogP contribution in [-0.2, 0) is 29.0 Å². The van der Waals surface area contributed by atoms with E-state index in [1.165, 1.54) is 6.92 Å². The van der Waals surface area contributed by atoms with E-state index in [0.717, 1.165) is 16.7 Å². The molecule has 0 saturated carbocycles. The lowest BCUT2D eigenvalue weighted by molar-refractivity contribution is -0.151. The van der Waals surface area contributed by atoms with Crippen LogP contribution in [-0.4, -0.2) is 79.0 Å². The van der Waals surface area contributed by atoms with Crippen LogP contribution in [0.25, 0.3) is 0 Å². The molecule has 0 radical (unpaired) electrons. The van der Waals surface area contributed by atoms with E-state index in [1.807, 2.05) is 50.1 Å². The molecular formula is C19H31N3O4. The maximum absolute atomic E-state index is 11.3. The predicted molar refractivity (Wildman–Crippen MR) is 99.9 cm³/mol. The highest BCUT2D eigenvalue weighted by atomic mass is 16.6. The number of hydrogen-bond donors (Lipinski definition) is 3. The number of carbonyl (C=O) groups excluding carboxylic acids is 1. The first kappa shape index (κ1) is 20.6. The average molecular weight is 365 g/mol. The largest absolute Gasteiger partial charge is 0.507 e. The number of esters is 1. The third kappa shape index (κ3) is 5.41. The highest BCUT2D eigenvalue weighted by Crippen LogP contribution is 2.28. The van der Waals surface area contributed by atoms with Crippen molar-refractivity contribution in [2.75, 3.05) is 34.7 Å². The molecule has 1 saturated heterocycles. The fourth-order valence-electron chi connectivity index (χ4n) is 3.44. The van der Waals surface area contributed by atoms with Crippen LogP contribution in [0.4, 0.5) is 0 Å². The topological polar surface area (TPSA) is 85.3 Å². The Labute approximate surface area is 155 Å². The van der Waals surface area contributed by atoms with Crippen LogP contribution in [0.5, 0.6) is 5.75 Å². The van der Waals surface area contributed by atoms with Crippen molar-refractivity contribution >= 4 is 5.97 Å². The van der Waals surface area contributed by atoms with Crippen LogP contribution in [0.2, 0.25) is 0 Å². The minimum atomic E-state index is -0.705. The van der Waals surface area contributed by atoms with Crippen LogP contribution >= 0.6 is 0 Å². The molecule has 26 heavy (non-hydrogen) atoms. The van der Waals surface area contributed by atoms with Gasteiger partial charge in [0.15, 0.2) is 0 Å². The Bertz CT molecular complexity index is 602. The van der Waals surface area contributed by atoms with Crippen molar-refractivity contribution in [3.05, 3.63) is 28.8 Å². The minimum absolute atomic E-state index is 0.155. The van der Waals surface area contributed by atoms with Crippen molar-refractivity contribution < 1.29 is 19.7 Å². The molecule has 0 amide bonds. The van der Waals surface area contributed by atoms with Crippen molar-refractivity contribution in [2.45, 2.75) is 44.7 Å². The van der Waals surface area contributed by atoms with Crippen LogP contribution < -0.4 is 5.32 Å². The summed E-state index contributed by atoms with van der Waals surface area (Å²) in [6, 6.07) is 3.83. The molecule has 1 aliphatic heterocycles. The summed E-state index contributed by atoms with van der Waals surface area (Å²) in [7, 11) is 7.85. The maximum Gasteiger partial charge on any atom is 0.303 e. The zero-order chi connectivity index (χ0) is 19.4. The first-order chi connectivity index (χ1) is 12.2. The molecule has 7 nitrogen and oxygen atoms in total. The van der Waals surface area contributed by atoms with Gasteiger partial charge in [-0.2, -0.15) is 0 Å². The lowest BCUT2D eigenvalue weighted by atomic mass is 9.96. The summed E-state index contributed by atoms with van der Waals surface area (Å²) in [5, 5.41) is 23.9. The number of rotatable bonds is 7. The highest BCUT2D eigenvalue weighted by Gasteiger charge is 2.37. The molecule has 0 spiro atoms. The maximum atomic E-state index is 11.3. The van der Waals surface area contributed by atoms with Gasteiger partial charge >= 0.3 is 5.97 Å². The zero-order valence-electron chi connectivity index (χ0n) is 16.3. The summed E-state index contributed by atoms with van der Waals surface area (Å²) in [4.78, 5) is 15.4. The molecule has 3 unspecified atom stereocenters. The number of aromatic hydroxyl groups is 1. The molecule has 1 heterocycles. The van der Waals surface area contributed by atoms with Gasteiger partial charge in [-0.3, -0.25) is 4.79 Å². The second-order valence-corrected chi connectivity index (χ2v) is 7.60. The zero-order valence-corrected chi connectivity index (χ0v) is 16.3. The Morgan fingerprint density at radius 2 is 1.73 bits per heavy atom. The molecule has 1 aliphatic rings. The van der Waals surface area contributed by atoms with Gasteiger partial charge in [-0.1, -0.05) is 12.1 Å². The summed E-state index contributed by atoms with van der Waals surface area (Å²) in [5.41, 5.74) is 2.78. The molecule has 7 heteroatoms. The van der Waals surface area contributed by atoms with E-state index >= 15 is 0 Å². The monoisotopic (exact) mass is 365 g/mol. The molecule has 0 bridgehead atoms. The predicted octanol–water partition coefficient (Wildman–Crippen LogP) is 0.322. The summed E-state index contributed by atoms with van der Waals surface area (Å²) < 4.78 is 5.30. The summed E-state index contributed by atoms with van der Waals surface area (Å²) >= 11 is 0. The van der Waals surface area contributed by atoms with Crippen LogP contribution in [0.15, 0.2) is 12.1 Å². The van der Waals surface area contributed by atoms with Crippen molar-refractivity contribution in [3.63, 3.8) is 0 Å². The van der Waals surface area contributed by atoms with E-state index in [-0.39, 0.29) is 6.04 Å². The van der Waals surface area contributed by atoms with Gasteiger partial charge in [0, 0.05) is 37.7 Å². The van der Waals surface area contributed by atoms with Gasteiger partial charge in [0.05, 0.1) is 6.04 Å². The number of carbonyl (C=O) groups is 1. The SMILES string of the molecule is CC(=O)OC1C(O)CNC1Cc1cc(CN(C)C)c(O)c(CN(C)C)c1. The number of ether oxygens (including phenoxy) is 1. The highest BCUT2D eigenvalue weighted by molar-refractivity contribution is 5.66. The number of phenolic OH excluding ortho intramolecular Hbond substituents is 1. The molecule has 3 atom stereocenters. The van der Waals surface area contributed by atoms with Crippen molar-refractivity contribution in [3.8, 4) is 5.75 Å². The van der Waals surface area contributed by atoms with Crippen LogP contribution in [0.3, 0.4) is 0 Å². The van der Waals surface area contributed by atoms with Gasteiger partial charge in [-0.05, 0) is 40.2 Å². The number of aliphatic hydroxyl groups excluding tert-OH is 1. The number of β-amino-alcohol motifs (C(OH)–C–C–N with tert-alkyl or cyclic N) is 1. The Balaban J connectivity index is 2.28. The molecule has 146 valence electrons. The van der Waals surface area contributed by atoms with Crippen molar-refractivity contribution in [2.24, 2.45) is 0 Å². The Morgan fingerprint density at radius 3 is 2.19 bits per heavy atom. The lowest BCUT2D eigenvalue weighted by Gasteiger charge is -2.23. The fraction of sp³-hybridized carbons (Fsp3) is 0.632. The molecule has 0 aliphatic carbocycles. The van der Waals surface area contributed by atoms with E-state index in [9.17, 15) is 15.0 Å². The normalized spacial score (nSPS) is 23.0. The first-order valence-corrected chi connectivity index (χ1v) is 8.89.